The number of benzene rings is 1. The molecule has 17 heavy (non-hydrogen) atoms. The highest BCUT2D eigenvalue weighted by Gasteiger charge is 2.14. The molecular formula is C13H21ClN2O. The summed E-state index contributed by atoms with van der Waals surface area (Å²) in [4.78, 5) is 0. The predicted molar refractivity (Wildman–Crippen MR) is 73.9 cm³/mol. The Bertz CT molecular complexity index is 366. The molecule has 1 rings (SSSR count). The summed E-state index contributed by atoms with van der Waals surface area (Å²) in [6.07, 6.45) is 1.01. The van der Waals surface area contributed by atoms with E-state index in [-0.39, 0.29) is 5.41 Å². The SMILES string of the molecule is COc1ccc(NCCC(C)(C)CN)c(Cl)c1. The molecule has 0 spiro atoms. The molecular weight excluding hydrogens is 236 g/mol. The van der Waals surface area contributed by atoms with E-state index in [2.05, 4.69) is 19.2 Å². The van der Waals surface area contributed by atoms with Gasteiger partial charge in [0.2, 0.25) is 0 Å². The van der Waals surface area contributed by atoms with Crippen molar-refractivity contribution in [3.63, 3.8) is 0 Å². The van der Waals surface area contributed by atoms with Crippen LogP contribution in [0.1, 0.15) is 20.3 Å². The van der Waals surface area contributed by atoms with Gasteiger partial charge in [0.25, 0.3) is 0 Å². The van der Waals surface area contributed by atoms with Crippen LogP contribution in [0.15, 0.2) is 18.2 Å². The minimum Gasteiger partial charge on any atom is -0.497 e. The summed E-state index contributed by atoms with van der Waals surface area (Å²) in [5.41, 5.74) is 6.77. The van der Waals surface area contributed by atoms with Crippen LogP contribution < -0.4 is 15.8 Å². The molecule has 0 amide bonds. The van der Waals surface area contributed by atoms with Gasteiger partial charge in [-0.3, -0.25) is 0 Å². The minimum absolute atomic E-state index is 0.159. The number of methoxy groups -OCH3 is 1. The van der Waals surface area contributed by atoms with E-state index in [1.807, 2.05) is 12.1 Å². The highest BCUT2D eigenvalue weighted by atomic mass is 35.5. The maximum atomic E-state index is 6.12. The fourth-order valence-corrected chi connectivity index (χ4v) is 1.64. The number of anilines is 1. The lowest BCUT2D eigenvalue weighted by Crippen LogP contribution is -2.26. The van der Waals surface area contributed by atoms with Crippen molar-refractivity contribution in [3.05, 3.63) is 23.2 Å². The van der Waals surface area contributed by atoms with Gasteiger partial charge >= 0.3 is 0 Å². The van der Waals surface area contributed by atoms with Crippen LogP contribution in [0.4, 0.5) is 5.69 Å². The molecule has 0 radical (unpaired) electrons. The van der Waals surface area contributed by atoms with Crippen molar-refractivity contribution in [2.24, 2.45) is 11.1 Å². The summed E-state index contributed by atoms with van der Waals surface area (Å²) in [5.74, 6) is 0.767. The van der Waals surface area contributed by atoms with Gasteiger partial charge in [0, 0.05) is 12.6 Å². The van der Waals surface area contributed by atoms with Gasteiger partial charge in [-0.2, -0.15) is 0 Å². The molecule has 0 aliphatic heterocycles. The molecule has 0 saturated carbocycles. The average molecular weight is 257 g/mol. The van der Waals surface area contributed by atoms with E-state index >= 15 is 0 Å². The summed E-state index contributed by atoms with van der Waals surface area (Å²) >= 11 is 6.12. The summed E-state index contributed by atoms with van der Waals surface area (Å²) < 4.78 is 5.10. The first kappa shape index (κ1) is 14.1. The molecule has 0 heterocycles. The largest absolute Gasteiger partial charge is 0.497 e. The molecule has 3 N–H and O–H groups in total. The zero-order chi connectivity index (χ0) is 12.9. The van der Waals surface area contributed by atoms with E-state index in [9.17, 15) is 0 Å². The number of nitrogens with one attached hydrogen (secondary N) is 1. The maximum Gasteiger partial charge on any atom is 0.120 e. The summed E-state index contributed by atoms with van der Waals surface area (Å²) in [6.45, 7) is 5.86. The fraction of sp³-hybridized carbons (Fsp3) is 0.538. The van der Waals surface area contributed by atoms with Crippen LogP contribution in [0.25, 0.3) is 0 Å². The molecule has 1 aromatic carbocycles. The monoisotopic (exact) mass is 256 g/mol. The van der Waals surface area contributed by atoms with Crippen molar-refractivity contribution in [2.75, 3.05) is 25.5 Å². The number of nitrogens with two attached hydrogens (primary N) is 1. The van der Waals surface area contributed by atoms with Gasteiger partial charge in [-0.25, -0.2) is 0 Å². The van der Waals surface area contributed by atoms with Gasteiger partial charge in [0.1, 0.15) is 5.75 Å². The van der Waals surface area contributed by atoms with Crippen molar-refractivity contribution < 1.29 is 4.74 Å². The second kappa shape index (κ2) is 6.12. The van der Waals surface area contributed by atoms with Gasteiger partial charge in [-0.15, -0.1) is 0 Å². The molecule has 0 saturated heterocycles. The van der Waals surface area contributed by atoms with Gasteiger partial charge < -0.3 is 15.8 Å². The van der Waals surface area contributed by atoms with Gasteiger partial charge in [-0.05, 0) is 30.5 Å². The Hall–Kier alpha value is -0.930. The molecule has 0 aromatic heterocycles. The fourth-order valence-electron chi connectivity index (χ4n) is 1.40. The Labute approximate surface area is 108 Å². The van der Waals surface area contributed by atoms with Crippen molar-refractivity contribution >= 4 is 17.3 Å². The number of hydrogen-bond donors (Lipinski definition) is 2. The van der Waals surface area contributed by atoms with Crippen molar-refractivity contribution in [1.82, 2.24) is 0 Å². The highest BCUT2D eigenvalue weighted by molar-refractivity contribution is 6.33. The third-order valence-corrected chi connectivity index (χ3v) is 3.16. The van der Waals surface area contributed by atoms with Crippen LogP contribution in [0.3, 0.4) is 0 Å². The third kappa shape index (κ3) is 4.44. The molecule has 1 aromatic rings. The van der Waals surface area contributed by atoms with E-state index in [1.165, 1.54) is 0 Å². The van der Waals surface area contributed by atoms with E-state index in [0.717, 1.165) is 24.4 Å². The van der Waals surface area contributed by atoms with Gasteiger partial charge in [0.05, 0.1) is 17.8 Å². The molecule has 4 heteroatoms. The van der Waals surface area contributed by atoms with Crippen molar-refractivity contribution in [2.45, 2.75) is 20.3 Å². The first-order chi connectivity index (χ1) is 7.98. The molecule has 3 nitrogen and oxygen atoms in total. The van der Waals surface area contributed by atoms with Crippen LogP contribution >= 0.6 is 11.6 Å². The standard InChI is InChI=1S/C13H21ClN2O/c1-13(2,9-15)6-7-16-12-5-4-10(17-3)8-11(12)14/h4-5,8,16H,6-7,9,15H2,1-3H3. The third-order valence-electron chi connectivity index (χ3n) is 2.85. The summed E-state index contributed by atoms with van der Waals surface area (Å²) in [6, 6.07) is 5.62. The van der Waals surface area contributed by atoms with E-state index in [0.29, 0.717) is 11.6 Å². The number of halogens is 1. The molecule has 0 aliphatic rings. The quantitative estimate of drug-likeness (QED) is 0.822. The Balaban J connectivity index is 2.52. The zero-order valence-corrected chi connectivity index (χ0v) is 11.5. The second-order valence-electron chi connectivity index (χ2n) is 4.89. The molecule has 96 valence electrons. The molecule has 0 fully saturated rings. The Morgan fingerprint density at radius 3 is 2.65 bits per heavy atom. The van der Waals surface area contributed by atoms with Crippen LogP contribution in [0, 0.1) is 5.41 Å². The minimum atomic E-state index is 0.159. The van der Waals surface area contributed by atoms with Crippen LogP contribution in [0.5, 0.6) is 5.75 Å². The smallest absolute Gasteiger partial charge is 0.120 e. The van der Waals surface area contributed by atoms with E-state index in [4.69, 9.17) is 22.1 Å². The first-order valence-corrected chi connectivity index (χ1v) is 6.14. The van der Waals surface area contributed by atoms with Crippen molar-refractivity contribution in [1.29, 1.82) is 0 Å². The van der Waals surface area contributed by atoms with E-state index in [1.54, 1.807) is 13.2 Å². The molecule has 0 bridgehead atoms. The summed E-state index contributed by atoms with van der Waals surface area (Å²) in [5, 5.41) is 3.99. The normalized spacial score (nSPS) is 11.4. The lowest BCUT2D eigenvalue weighted by Gasteiger charge is -2.22. The molecule has 0 atom stereocenters. The molecule has 0 unspecified atom stereocenters. The van der Waals surface area contributed by atoms with Crippen LogP contribution in [0.2, 0.25) is 5.02 Å². The Morgan fingerprint density at radius 2 is 2.12 bits per heavy atom. The number of ether oxygens (including phenoxy) is 1. The van der Waals surface area contributed by atoms with E-state index < -0.39 is 0 Å². The predicted octanol–water partition coefficient (Wildman–Crippen LogP) is 3.14. The number of rotatable bonds is 6. The second-order valence-corrected chi connectivity index (χ2v) is 5.30. The maximum absolute atomic E-state index is 6.12. The Kier molecular flexibility index (Phi) is 5.09. The molecule has 0 aliphatic carbocycles. The summed E-state index contributed by atoms with van der Waals surface area (Å²) in [7, 11) is 1.63. The van der Waals surface area contributed by atoms with Crippen LogP contribution in [-0.4, -0.2) is 20.2 Å². The lowest BCUT2D eigenvalue weighted by atomic mass is 9.90. The highest BCUT2D eigenvalue weighted by Crippen LogP contribution is 2.27. The first-order valence-electron chi connectivity index (χ1n) is 5.76. The van der Waals surface area contributed by atoms with Crippen LogP contribution in [-0.2, 0) is 0 Å². The van der Waals surface area contributed by atoms with Gasteiger partial charge in [-0.1, -0.05) is 25.4 Å². The zero-order valence-electron chi connectivity index (χ0n) is 10.7. The van der Waals surface area contributed by atoms with Crippen molar-refractivity contribution in [3.8, 4) is 5.75 Å². The topological polar surface area (TPSA) is 47.3 Å². The lowest BCUT2D eigenvalue weighted by molar-refractivity contribution is 0.358. The average Bonchev–Trinajstić information content (AvgIpc) is 2.31. The number of hydrogen-bond acceptors (Lipinski definition) is 3. The van der Waals surface area contributed by atoms with Gasteiger partial charge in [0.15, 0.2) is 0 Å². The Morgan fingerprint density at radius 1 is 1.41 bits per heavy atom.